The van der Waals surface area contributed by atoms with Crippen LogP contribution < -0.4 is 14.7 Å². The number of hydrogen-bond donors (Lipinski definition) is 1. The zero-order valence-electron chi connectivity index (χ0n) is 14.7. The van der Waals surface area contributed by atoms with E-state index in [-0.39, 0.29) is 15.8 Å². The molecule has 1 aromatic heterocycles. The molecule has 0 spiro atoms. The van der Waals surface area contributed by atoms with Gasteiger partial charge in [-0.25, -0.2) is 0 Å². The van der Waals surface area contributed by atoms with Gasteiger partial charge in [0.05, 0.1) is 0 Å². The second kappa shape index (κ2) is 6.32. The van der Waals surface area contributed by atoms with Gasteiger partial charge in [-0.05, 0) is 0 Å². The SMILES string of the molecule is CN[C@H]1CCN(c2ccnc([AsH]C3C4CC5CC(C4)CC3C5)c2)C1. The van der Waals surface area contributed by atoms with Gasteiger partial charge in [0.25, 0.3) is 0 Å². The third-order valence-electron chi connectivity index (χ3n) is 7.25. The molecular weight excluding hydrogens is 357 g/mol. The van der Waals surface area contributed by atoms with Gasteiger partial charge in [0.2, 0.25) is 0 Å². The van der Waals surface area contributed by atoms with Gasteiger partial charge in [-0.1, -0.05) is 0 Å². The molecule has 6 rings (SSSR count). The Kier molecular flexibility index (Phi) is 4.14. The van der Waals surface area contributed by atoms with Crippen LogP contribution >= 0.6 is 0 Å². The Morgan fingerprint density at radius 3 is 2.54 bits per heavy atom. The molecule has 0 aromatic carbocycles. The van der Waals surface area contributed by atoms with Crippen LogP contribution in [-0.2, 0) is 0 Å². The number of nitrogens with one attached hydrogen (secondary N) is 1. The van der Waals surface area contributed by atoms with Gasteiger partial charge in [0.1, 0.15) is 0 Å². The van der Waals surface area contributed by atoms with Crippen molar-refractivity contribution < 1.29 is 0 Å². The van der Waals surface area contributed by atoms with Crippen molar-refractivity contribution in [2.24, 2.45) is 23.7 Å². The summed E-state index contributed by atoms with van der Waals surface area (Å²) in [4.78, 5) is 7.37. The van der Waals surface area contributed by atoms with Gasteiger partial charge >= 0.3 is 153 Å². The van der Waals surface area contributed by atoms with Crippen LogP contribution in [0.1, 0.15) is 38.5 Å². The molecule has 0 amide bonds. The third-order valence-corrected chi connectivity index (χ3v) is 11.1. The summed E-state index contributed by atoms with van der Waals surface area (Å²) in [5, 5.41) is 3.43. The van der Waals surface area contributed by atoms with E-state index in [1.54, 1.807) is 32.1 Å². The van der Waals surface area contributed by atoms with Gasteiger partial charge in [-0.15, -0.1) is 0 Å². The van der Waals surface area contributed by atoms with Crippen LogP contribution in [0.15, 0.2) is 18.3 Å². The van der Waals surface area contributed by atoms with Gasteiger partial charge < -0.3 is 0 Å². The van der Waals surface area contributed by atoms with Crippen molar-refractivity contribution >= 4 is 25.9 Å². The fourth-order valence-electron chi connectivity index (χ4n) is 6.26. The minimum atomic E-state index is -0.0877. The van der Waals surface area contributed by atoms with Crippen molar-refractivity contribution in [3.8, 4) is 0 Å². The van der Waals surface area contributed by atoms with Crippen LogP contribution in [0.25, 0.3) is 0 Å². The standard InChI is InChI=1S/C20H30AsN3/c1-22-17-3-5-24(12-17)18-2-4-23-19(11-18)21-20-15-7-13-6-14(9-15)10-16(20)8-13/h2,4,11,13-17,20-22H,3,5-10,12H2,1H3/t13?,14?,15?,16?,17-,20?/m0/s1. The second-order valence-corrected chi connectivity index (χ2v) is 11.8. The molecule has 5 fully saturated rings. The van der Waals surface area contributed by atoms with E-state index in [1.807, 2.05) is 0 Å². The molecule has 24 heavy (non-hydrogen) atoms. The van der Waals surface area contributed by atoms with E-state index in [2.05, 4.69) is 35.6 Å². The van der Waals surface area contributed by atoms with Crippen LogP contribution in [0.2, 0.25) is 4.71 Å². The molecule has 4 bridgehead atoms. The maximum atomic E-state index is 4.81. The molecule has 2 atom stereocenters. The monoisotopic (exact) mass is 387 g/mol. The van der Waals surface area contributed by atoms with Crippen molar-refractivity contribution in [1.82, 2.24) is 10.3 Å². The van der Waals surface area contributed by atoms with Crippen LogP contribution in [0, 0.1) is 23.7 Å². The summed E-state index contributed by atoms with van der Waals surface area (Å²) in [5.74, 6) is 4.31. The first kappa shape index (κ1) is 15.7. The van der Waals surface area contributed by atoms with E-state index in [4.69, 9.17) is 4.98 Å². The van der Waals surface area contributed by atoms with Crippen LogP contribution in [0.4, 0.5) is 5.69 Å². The Labute approximate surface area is 152 Å². The average molecular weight is 387 g/mol. The Bertz CT molecular complexity index is 576. The molecule has 0 radical (unpaired) electrons. The van der Waals surface area contributed by atoms with Crippen LogP contribution in [0.5, 0.6) is 0 Å². The summed E-state index contributed by atoms with van der Waals surface area (Å²) in [5.41, 5.74) is 1.42. The van der Waals surface area contributed by atoms with Crippen molar-refractivity contribution in [2.45, 2.75) is 49.3 Å². The number of rotatable bonds is 4. The summed E-state index contributed by atoms with van der Waals surface area (Å²) in [6, 6.07) is 5.33. The molecule has 5 aliphatic rings. The van der Waals surface area contributed by atoms with Crippen molar-refractivity contribution in [2.75, 3.05) is 25.0 Å². The van der Waals surface area contributed by atoms with E-state index in [1.165, 1.54) is 23.1 Å². The topological polar surface area (TPSA) is 28.2 Å². The molecular formula is C20H30AsN3. The maximum absolute atomic E-state index is 4.81. The van der Waals surface area contributed by atoms with Crippen molar-refractivity contribution in [3.63, 3.8) is 0 Å². The van der Waals surface area contributed by atoms with E-state index >= 15 is 0 Å². The molecule has 1 unspecified atom stereocenters. The molecule has 4 heteroatoms. The Morgan fingerprint density at radius 1 is 1.12 bits per heavy atom. The number of pyridine rings is 1. The van der Waals surface area contributed by atoms with Gasteiger partial charge in [0.15, 0.2) is 0 Å². The first-order valence-corrected chi connectivity index (χ1v) is 12.2. The summed E-state index contributed by atoms with van der Waals surface area (Å²) in [6.45, 7) is 2.34. The predicted molar refractivity (Wildman–Crippen MR) is 101 cm³/mol. The number of aromatic nitrogens is 1. The van der Waals surface area contributed by atoms with Crippen molar-refractivity contribution in [3.05, 3.63) is 18.3 Å². The third kappa shape index (κ3) is 2.82. The van der Waals surface area contributed by atoms with Gasteiger partial charge in [-0.2, -0.15) is 0 Å². The number of nitrogens with zero attached hydrogens (tertiary/aromatic N) is 2. The van der Waals surface area contributed by atoms with E-state index < -0.39 is 0 Å². The van der Waals surface area contributed by atoms with Crippen LogP contribution in [0.3, 0.4) is 0 Å². The van der Waals surface area contributed by atoms with E-state index in [0.29, 0.717) is 6.04 Å². The number of hydrogen-bond acceptors (Lipinski definition) is 3. The Hall–Kier alpha value is -0.532. The summed E-state index contributed by atoms with van der Waals surface area (Å²) >= 11 is -0.0877. The number of anilines is 1. The molecule has 3 nitrogen and oxygen atoms in total. The summed E-state index contributed by atoms with van der Waals surface area (Å²) in [6.07, 6.45) is 11.1. The summed E-state index contributed by atoms with van der Waals surface area (Å²) in [7, 11) is 2.09. The quantitative estimate of drug-likeness (QED) is 0.803. The zero-order valence-corrected chi connectivity index (χ0v) is 16.8. The normalized spacial score (nSPS) is 41.0. The molecule has 130 valence electrons. The first-order chi connectivity index (χ1) is 11.8. The van der Waals surface area contributed by atoms with Crippen molar-refractivity contribution in [1.29, 1.82) is 0 Å². The number of likely N-dealkylation sites (N-methyl/N-ethyl adjacent to an activating group) is 1. The van der Waals surface area contributed by atoms with Crippen LogP contribution in [-0.4, -0.2) is 46.9 Å². The second-order valence-electron chi connectivity index (χ2n) is 8.72. The Morgan fingerprint density at radius 2 is 1.88 bits per heavy atom. The van der Waals surface area contributed by atoms with E-state index in [9.17, 15) is 0 Å². The molecule has 1 N–H and O–H groups in total. The average Bonchev–Trinajstić information content (AvgIpc) is 3.07. The molecule has 4 saturated carbocycles. The van der Waals surface area contributed by atoms with Gasteiger partial charge in [-0.3, -0.25) is 0 Å². The fourth-order valence-corrected chi connectivity index (χ4v) is 9.90. The molecule has 1 aliphatic heterocycles. The zero-order chi connectivity index (χ0) is 16.1. The molecule has 1 aromatic rings. The summed E-state index contributed by atoms with van der Waals surface area (Å²) < 4.78 is 2.52. The predicted octanol–water partition coefficient (Wildman–Crippen LogP) is 2.19. The first-order valence-electron chi connectivity index (χ1n) is 9.93. The minimum absolute atomic E-state index is 0.0877. The fraction of sp³-hybridized carbons (Fsp3) is 0.750. The molecule has 2 heterocycles. The molecule has 4 aliphatic carbocycles. The van der Waals surface area contributed by atoms with Gasteiger partial charge in [0, 0.05) is 0 Å². The molecule has 1 saturated heterocycles. The van der Waals surface area contributed by atoms with E-state index in [0.717, 1.165) is 34.9 Å². The Balaban J connectivity index is 1.30.